The van der Waals surface area contributed by atoms with Gasteiger partial charge in [-0.2, -0.15) is 0 Å². The number of carbonyl (C=O) groups is 1. The SMILES string of the molecule is CC(C)N(Cc1ccccc1)C(=O)c1cc[nH]c1. The lowest BCUT2D eigenvalue weighted by Gasteiger charge is -2.26. The molecule has 1 aromatic carbocycles. The summed E-state index contributed by atoms with van der Waals surface area (Å²) in [6.45, 7) is 4.71. The molecule has 0 aliphatic carbocycles. The number of nitrogens with zero attached hydrogens (tertiary/aromatic N) is 1. The van der Waals surface area contributed by atoms with E-state index in [1.807, 2.05) is 55.1 Å². The van der Waals surface area contributed by atoms with Crippen LogP contribution in [0.25, 0.3) is 0 Å². The van der Waals surface area contributed by atoms with E-state index in [1.165, 1.54) is 0 Å². The first-order valence-corrected chi connectivity index (χ1v) is 6.16. The van der Waals surface area contributed by atoms with Crippen molar-refractivity contribution < 1.29 is 4.79 Å². The van der Waals surface area contributed by atoms with E-state index in [4.69, 9.17) is 0 Å². The van der Waals surface area contributed by atoms with Crippen LogP contribution in [0.3, 0.4) is 0 Å². The van der Waals surface area contributed by atoms with Crippen LogP contribution in [0, 0.1) is 0 Å². The zero-order valence-corrected chi connectivity index (χ0v) is 10.8. The largest absolute Gasteiger partial charge is 0.367 e. The standard InChI is InChI=1S/C15H18N2O/c1-12(2)17(11-13-6-4-3-5-7-13)15(18)14-8-9-16-10-14/h3-10,12,16H,11H2,1-2H3. The third kappa shape index (κ3) is 2.80. The second-order valence-electron chi connectivity index (χ2n) is 4.61. The normalized spacial score (nSPS) is 10.6. The van der Waals surface area contributed by atoms with Gasteiger partial charge in [0.05, 0.1) is 5.56 Å². The van der Waals surface area contributed by atoms with Crippen LogP contribution in [0.2, 0.25) is 0 Å². The van der Waals surface area contributed by atoms with Crippen LogP contribution in [-0.2, 0) is 6.54 Å². The lowest BCUT2D eigenvalue weighted by atomic mass is 10.1. The van der Waals surface area contributed by atoms with Crippen molar-refractivity contribution in [1.29, 1.82) is 0 Å². The molecule has 0 spiro atoms. The predicted molar refractivity (Wildman–Crippen MR) is 72.2 cm³/mol. The Morgan fingerprint density at radius 1 is 1.22 bits per heavy atom. The second kappa shape index (κ2) is 5.54. The molecule has 0 radical (unpaired) electrons. The molecule has 18 heavy (non-hydrogen) atoms. The Bertz CT molecular complexity index is 488. The highest BCUT2D eigenvalue weighted by Gasteiger charge is 2.19. The van der Waals surface area contributed by atoms with E-state index in [0.29, 0.717) is 12.1 Å². The van der Waals surface area contributed by atoms with Crippen molar-refractivity contribution >= 4 is 5.91 Å². The lowest BCUT2D eigenvalue weighted by Crippen LogP contribution is -2.36. The smallest absolute Gasteiger partial charge is 0.255 e. The maximum Gasteiger partial charge on any atom is 0.255 e. The molecule has 0 aliphatic rings. The Balaban J connectivity index is 2.17. The van der Waals surface area contributed by atoms with Gasteiger partial charge in [0.15, 0.2) is 0 Å². The molecule has 2 rings (SSSR count). The minimum absolute atomic E-state index is 0.0649. The van der Waals surface area contributed by atoms with Crippen molar-refractivity contribution in [2.45, 2.75) is 26.4 Å². The maximum atomic E-state index is 12.4. The Morgan fingerprint density at radius 3 is 2.50 bits per heavy atom. The third-order valence-corrected chi connectivity index (χ3v) is 2.92. The first kappa shape index (κ1) is 12.4. The molecular weight excluding hydrogens is 224 g/mol. The van der Waals surface area contributed by atoms with Gasteiger partial charge in [-0.3, -0.25) is 4.79 Å². The van der Waals surface area contributed by atoms with E-state index >= 15 is 0 Å². The number of hydrogen-bond donors (Lipinski definition) is 1. The van der Waals surface area contributed by atoms with Gasteiger partial charge < -0.3 is 9.88 Å². The van der Waals surface area contributed by atoms with Gasteiger partial charge in [0.2, 0.25) is 0 Å². The van der Waals surface area contributed by atoms with Gasteiger partial charge in [-0.15, -0.1) is 0 Å². The molecule has 0 saturated heterocycles. The van der Waals surface area contributed by atoms with Crippen LogP contribution in [0.1, 0.15) is 29.8 Å². The van der Waals surface area contributed by atoms with Crippen molar-refractivity contribution in [3.05, 3.63) is 59.9 Å². The molecule has 1 amide bonds. The Morgan fingerprint density at radius 2 is 1.94 bits per heavy atom. The molecule has 3 heteroatoms. The van der Waals surface area contributed by atoms with Gasteiger partial charge in [0.25, 0.3) is 5.91 Å². The second-order valence-corrected chi connectivity index (χ2v) is 4.61. The molecule has 0 bridgehead atoms. The number of nitrogens with one attached hydrogen (secondary N) is 1. The zero-order chi connectivity index (χ0) is 13.0. The number of hydrogen-bond acceptors (Lipinski definition) is 1. The van der Waals surface area contributed by atoms with Crippen LogP contribution < -0.4 is 0 Å². The number of amides is 1. The monoisotopic (exact) mass is 242 g/mol. The summed E-state index contributed by atoms with van der Waals surface area (Å²) in [5.74, 6) is 0.0649. The van der Waals surface area contributed by atoms with E-state index in [9.17, 15) is 4.79 Å². The zero-order valence-electron chi connectivity index (χ0n) is 10.8. The number of rotatable bonds is 4. The molecule has 1 heterocycles. The highest BCUT2D eigenvalue weighted by Crippen LogP contribution is 2.12. The summed E-state index contributed by atoms with van der Waals surface area (Å²) >= 11 is 0. The molecule has 0 aliphatic heterocycles. The van der Waals surface area contributed by atoms with Crippen molar-refractivity contribution in [1.82, 2.24) is 9.88 Å². The Hall–Kier alpha value is -2.03. The number of carbonyl (C=O) groups excluding carboxylic acids is 1. The first-order valence-electron chi connectivity index (χ1n) is 6.16. The summed E-state index contributed by atoms with van der Waals surface area (Å²) in [7, 11) is 0. The third-order valence-electron chi connectivity index (χ3n) is 2.92. The molecule has 94 valence electrons. The van der Waals surface area contributed by atoms with Gasteiger partial charge in [0.1, 0.15) is 0 Å². The molecule has 2 aromatic rings. The van der Waals surface area contributed by atoms with E-state index in [1.54, 1.807) is 12.4 Å². The fourth-order valence-electron chi connectivity index (χ4n) is 1.89. The van der Waals surface area contributed by atoms with Crippen LogP contribution in [0.15, 0.2) is 48.8 Å². The van der Waals surface area contributed by atoms with Gasteiger partial charge in [-0.1, -0.05) is 30.3 Å². The molecule has 0 fully saturated rings. The molecule has 0 atom stereocenters. The topological polar surface area (TPSA) is 36.1 Å². The average molecular weight is 242 g/mol. The summed E-state index contributed by atoms with van der Waals surface area (Å²) in [4.78, 5) is 17.2. The minimum Gasteiger partial charge on any atom is -0.367 e. The maximum absolute atomic E-state index is 12.4. The van der Waals surface area contributed by atoms with Crippen molar-refractivity contribution in [3.63, 3.8) is 0 Å². The van der Waals surface area contributed by atoms with Crippen LogP contribution in [-0.4, -0.2) is 21.8 Å². The predicted octanol–water partition coefficient (Wildman–Crippen LogP) is 3.07. The summed E-state index contributed by atoms with van der Waals surface area (Å²) in [5.41, 5.74) is 1.86. The Kier molecular flexibility index (Phi) is 3.82. The molecule has 3 nitrogen and oxygen atoms in total. The fraction of sp³-hybridized carbons (Fsp3) is 0.267. The number of H-pyrrole nitrogens is 1. The Labute approximate surface area is 107 Å². The van der Waals surface area contributed by atoms with Gasteiger partial charge in [-0.25, -0.2) is 0 Å². The number of benzene rings is 1. The van der Waals surface area contributed by atoms with Crippen LogP contribution >= 0.6 is 0 Å². The van der Waals surface area contributed by atoms with Crippen LogP contribution in [0.5, 0.6) is 0 Å². The molecule has 1 N–H and O–H groups in total. The summed E-state index contributed by atoms with van der Waals surface area (Å²) in [6, 6.07) is 12.0. The van der Waals surface area contributed by atoms with Crippen molar-refractivity contribution in [3.8, 4) is 0 Å². The van der Waals surface area contributed by atoms with E-state index in [0.717, 1.165) is 5.56 Å². The summed E-state index contributed by atoms with van der Waals surface area (Å²) in [6.07, 6.45) is 3.51. The van der Waals surface area contributed by atoms with E-state index in [-0.39, 0.29) is 11.9 Å². The highest BCUT2D eigenvalue weighted by molar-refractivity contribution is 5.94. The average Bonchev–Trinajstić information content (AvgIpc) is 2.90. The van der Waals surface area contributed by atoms with Gasteiger partial charge in [0, 0.05) is 25.0 Å². The van der Waals surface area contributed by atoms with E-state index in [2.05, 4.69) is 4.98 Å². The van der Waals surface area contributed by atoms with Crippen molar-refractivity contribution in [2.24, 2.45) is 0 Å². The first-order chi connectivity index (χ1) is 8.68. The fourth-order valence-corrected chi connectivity index (χ4v) is 1.89. The number of aromatic amines is 1. The molecule has 0 saturated carbocycles. The van der Waals surface area contributed by atoms with Gasteiger partial charge in [-0.05, 0) is 25.5 Å². The quantitative estimate of drug-likeness (QED) is 0.878. The lowest BCUT2D eigenvalue weighted by molar-refractivity contribution is 0.0690. The highest BCUT2D eigenvalue weighted by atomic mass is 16.2. The summed E-state index contributed by atoms with van der Waals surface area (Å²) in [5, 5.41) is 0. The van der Waals surface area contributed by atoms with Crippen molar-refractivity contribution in [2.75, 3.05) is 0 Å². The molecule has 0 unspecified atom stereocenters. The number of aromatic nitrogens is 1. The summed E-state index contributed by atoms with van der Waals surface area (Å²) < 4.78 is 0. The van der Waals surface area contributed by atoms with E-state index < -0.39 is 0 Å². The van der Waals surface area contributed by atoms with Crippen LogP contribution in [0.4, 0.5) is 0 Å². The minimum atomic E-state index is 0.0649. The molecule has 1 aromatic heterocycles. The van der Waals surface area contributed by atoms with Gasteiger partial charge >= 0.3 is 0 Å². The molecular formula is C15H18N2O.